The van der Waals surface area contributed by atoms with Crippen LogP contribution in [0.25, 0.3) is 0 Å². The largest absolute Gasteiger partial charge is 0.397 e. The number of likely N-dealkylation sites (N-methyl/N-ethyl adjacent to an activating group) is 1. The van der Waals surface area contributed by atoms with Gasteiger partial charge in [0.2, 0.25) is 0 Å². The van der Waals surface area contributed by atoms with Crippen LogP contribution in [0.2, 0.25) is 0 Å². The van der Waals surface area contributed by atoms with Crippen molar-refractivity contribution in [3.63, 3.8) is 0 Å². The zero-order chi connectivity index (χ0) is 10.6. The number of rotatable bonds is 4. The van der Waals surface area contributed by atoms with Crippen molar-refractivity contribution in [3.8, 4) is 0 Å². The first-order valence-corrected chi connectivity index (χ1v) is 4.70. The molecule has 3 N–H and O–H groups in total. The summed E-state index contributed by atoms with van der Waals surface area (Å²) in [7, 11) is 4.09. The molecule has 0 aliphatic heterocycles. The summed E-state index contributed by atoms with van der Waals surface area (Å²) < 4.78 is 0. The summed E-state index contributed by atoms with van der Waals surface area (Å²) in [6.07, 6.45) is 1.67. The summed E-state index contributed by atoms with van der Waals surface area (Å²) in [6.45, 7) is 3.89. The molecule has 1 heterocycles. The van der Waals surface area contributed by atoms with Crippen molar-refractivity contribution in [2.24, 2.45) is 0 Å². The number of anilines is 2. The van der Waals surface area contributed by atoms with Gasteiger partial charge in [0, 0.05) is 13.1 Å². The first-order chi connectivity index (χ1) is 6.59. The lowest BCUT2D eigenvalue weighted by molar-refractivity contribution is 0.425. The second-order valence-electron chi connectivity index (χ2n) is 3.66. The number of aromatic nitrogens is 1. The minimum atomic E-state index is 0.709. The first kappa shape index (κ1) is 10.8. The van der Waals surface area contributed by atoms with Gasteiger partial charge < -0.3 is 16.0 Å². The normalized spacial score (nSPS) is 10.6. The average Bonchev–Trinajstić information content (AvgIpc) is 2.08. The Morgan fingerprint density at radius 2 is 2.21 bits per heavy atom. The molecule has 0 radical (unpaired) electrons. The molecule has 0 aromatic carbocycles. The second kappa shape index (κ2) is 4.81. The minimum absolute atomic E-state index is 0.709. The third-order valence-corrected chi connectivity index (χ3v) is 1.95. The lowest BCUT2D eigenvalue weighted by atomic mass is 10.2. The summed E-state index contributed by atoms with van der Waals surface area (Å²) in [5, 5.41) is 3.26. The molecule has 4 nitrogen and oxygen atoms in total. The van der Waals surface area contributed by atoms with Gasteiger partial charge in [0.1, 0.15) is 5.82 Å². The van der Waals surface area contributed by atoms with Crippen molar-refractivity contribution < 1.29 is 0 Å². The van der Waals surface area contributed by atoms with Gasteiger partial charge in [-0.3, -0.25) is 0 Å². The van der Waals surface area contributed by atoms with Crippen molar-refractivity contribution in [3.05, 3.63) is 17.8 Å². The maximum Gasteiger partial charge on any atom is 0.129 e. The van der Waals surface area contributed by atoms with E-state index in [-0.39, 0.29) is 0 Å². The van der Waals surface area contributed by atoms with Crippen molar-refractivity contribution >= 4 is 11.5 Å². The summed E-state index contributed by atoms with van der Waals surface area (Å²) >= 11 is 0. The zero-order valence-electron chi connectivity index (χ0n) is 9.04. The van der Waals surface area contributed by atoms with E-state index in [9.17, 15) is 0 Å². The molecule has 0 aliphatic carbocycles. The fraction of sp³-hybridized carbons (Fsp3) is 0.500. The Hall–Kier alpha value is -1.29. The van der Waals surface area contributed by atoms with Gasteiger partial charge in [0.15, 0.2) is 0 Å². The van der Waals surface area contributed by atoms with E-state index >= 15 is 0 Å². The van der Waals surface area contributed by atoms with E-state index in [1.807, 2.05) is 27.1 Å². The molecule has 0 fully saturated rings. The van der Waals surface area contributed by atoms with Crippen LogP contribution >= 0.6 is 0 Å². The van der Waals surface area contributed by atoms with E-state index in [1.165, 1.54) is 0 Å². The number of hydrogen-bond acceptors (Lipinski definition) is 4. The van der Waals surface area contributed by atoms with Crippen molar-refractivity contribution in [1.82, 2.24) is 9.88 Å². The van der Waals surface area contributed by atoms with E-state index in [4.69, 9.17) is 5.73 Å². The Bertz CT molecular complexity index is 296. The highest BCUT2D eigenvalue weighted by molar-refractivity contribution is 5.50. The molecule has 0 amide bonds. The van der Waals surface area contributed by atoms with Crippen LogP contribution in [0, 0.1) is 6.92 Å². The van der Waals surface area contributed by atoms with Crippen molar-refractivity contribution in [2.45, 2.75) is 6.92 Å². The summed E-state index contributed by atoms with van der Waals surface area (Å²) in [6, 6.07) is 1.92. The van der Waals surface area contributed by atoms with Crippen LogP contribution in [0.3, 0.4) is 0 Å². The van der Waals surface area contributed by atoms with Crippen LogP contribution in [0.5, 0.6) is 0 Å². The molecule has 78 valence electrons. The fourth-order valence-corrected chi connectivity index (χ4v) is 1.18. The van der Waals surface area contributed by atoms with E-state index in [1.54, 1.807) is 6.20 Å². The molecule has 0 saturated carbocycles. The Morgan fingerprint density at radius 3 is 2.79 bits per heavy atom. The van der Waals surface area contributed by atoms with Gasteiger partial charge in [-0.05, 0) is 32.6 Å². The minimum Gasteiger partial charge on any atom is -0.397 e. The lowest BCUT2D eigenvalue weighted by Gasteiger charge is -2.12. The molecule has 0 saturated heterocycles. The highest BCUT2D eigenvalue weighted by Gasteiger charge is 1.99. The van der Waals surface area contributed by atoms with Crippen LogP contribution in [-0.2, 0) is 0 Å². The van der Waals surface area contributed by atoms with E-state index in [0.717, 1.165) is 24.5 Å². The average molecular weight is 194 g/mol. The van der Waals surface area contributed by atoms with Crippen molar-refractivity contribution in [2.75, 3.05) is 38.2 Å². The predicted molar refractivity (Wildman–Crippen MR) is 60.4 cm³/mol. The van der Waals surface area contributed by atoms with Crippen LogP contribution in [-0.4, -0.2) is 37.1 Å². The third-order valence-electron chi connectivity index (χ3n) is 1.95. The first-order valence-electron chi connectivity index (χ1n) is 4.70. The molecule has 1 rings (SSSR count). The Labute approximate surface area is 85.1 Å². The molecule has 1 aromatic heterocycles. The highest BCUT2D eigenvalue weighted by atomic mass is 15.1. The van der Waals surface area contributed by atoms with E-state index in [2.05, 4.69) is 15.2 Å². The molecule has 14 heavy (non-hydrogen) atoms. The third kappa shape index (κ3) is 3.22. The number of nitrogens with one attached hydrogen (secondary N) is 1. The number of nitrogens with two attached hydrogens (primary N) is 1. The SMILES string of the molecule is Cc1cc(N)cnc1NCCN(C)C. The number of nitrogens with zero attached hydrogens (tertiary/aromatic N) is 2. The Balaban J connectivity index is 2.51. The van der Waals surface area contributed by atoms with Crippen LogP contribution < -0.4 is 11.1 Å². The zero-order valence-corrected chi connectivity index (χ0v) is 9.04. The lowest BCUT2D eigenvalue weighted by Crippen LogP contribution is -2.21. The van der Waals surface area contributed by atoms with Gasteiger partial charge in [-0.15, -0.1) is 0 Å². The Morgan fingerprint density at radius 1 is 1.50 bits per heavy atom. The maximum absolute atomic E-state index is 5.61. The van der Waals surface area contributed by atoms with Crippen molar-refractivity contribution in [1.29, 1.82) is 0 Å². The van der Waals surface area contributed by atoms with Gasteiger partial charge in [0.25, 0.3) is 0 Å². The molecular formula is C10H18N4. The van der Waals surface area contributed by atoms with Gasteiger partial charge in [-0.2, -0.15) is 0 Å². The molecule has 1 aromatic rings. The maximum atomic E-state index is 5.61. The van der Waals surface area contributed by atoms with Crippen LogP contribution in [0.4, 0.5) is 11.5 Å². The van der Waals surface area contributed by atoms with E-state index < -0.39 is 0 Å². The molecule has 0 unspecified atom stereocenters. The molecular weight excluding hydrogens is 176 g/mol. The van der Waals surface area contributed by atoms with Gasteiger partial charge in [-0.25, -0.2) is 4.98 Å². The number of aryl methyl sites for hydroxylation is 1. The Kier molecular flexibility index (Phi) is 3.71. The molecule has 0 bridgehead atoms. The molecule has 4 heteroatoms. The van der Waals surface area contributed by atoms with Crippen LogP contribution in [0.1, 0.15) is 5.56 Å². The number of hydrogen-bond donors (Lipinski definition) is 2. The van der Waals surface area contributed by atoms with Gasteiger partial charge in [0.05, 0.1) is 11.9 Å². The fourth-order valence-electron chi connectivity index (χ4n) is 1.18. The number of pyridine rings is 1. The summed E-state index contributed by atoms with van der Waals surface area (Å²) in [4.78, 5) is 6.34. The summed E-state index contributed by atoms with van der Waals surface area (Å²) in [5.41, 5.74) is 7.40. The predicted octanol–water partition coefficient (Wildman–Crippen LogP) is 0.946. The molecule has 0 aliphatic rings. The highest BCUT2D eigenvalue weighted by Crippen LogP contribution is 2.13. The molecule has 0 atom stereocenters. The standard InChI is InChI=1S/C10H18N4/c1-8-6-9(11)7-13-10(8)12-4-5-14(2)3/h6-7H,4-5,11H2,1-3H3,(H,12,13). The number of nitrogen functional groups attached to an aromatic ring is 1. The van der Waals surface area contributed by atoms with Gasteiger partial charge in [-0.1, -0.05) is 0 Å². The van der Waals surface area contributed by atoms with E-state index in [0.29, 0.717) is 5.69 Å². The van der Waals surface area contributed by atoms with Crippen LogP contribution in [0.15, 0.2) is 12.3 Å². The molecule has 0 spiro atoms. The monoisotopic (exact) mass is 194 g/mol. The second-order valence-corrected chi connectivity index (χ2v) is 3.66. The topological polar surface area (TPSA) is 54.2 Å². The van der Waals surface area contributed by atoms with Gasteiger partial charge >= 0.3 is 0 Å². The quantitative estimate of drug-likeness (QED) is 0.749. The summed E-state index contributed by atoms with van der Waals surface area (Å²) in [5.74, 6) is 0.918. The smallest absolute Gasteiger partial charge is 0.129 e.